The maximum absolute atomic E-state index is 9.51. The topological polar surface area (TPSA) is 36.4 Å². The Morgan fingerprint density at radius 3 is 2.82 bits per heavy atom. The highest BCUT2D eigenvalue weighted by Gasteiger charge is 2.24. The van der Waals surface area contributed by atoms with E-state index in [1.54, 1.807) is 0 Å². The molecule has 3 heteroatoms. The summed E-state index contributed by atoms with van der Waals surface area (Å²) in [4.78, 5) is 6.95. The van der Waals surface area contributed by atoms with Gasteiger partial charge in [-0.05, 0) is 37.8 Å². The normalized spacial score (nSPS) is 20.0. The van der Waals surface area contributed by atoms with Crippen LogP contribution in [-0.4, -0.2) is 23.2 Å². The second-order valence-corrected chi connectivity index (χ2v) is 5.05. The number of anilines is 1. The van der Waals surface area contributed by atoms with E-state index in [2.05, 4.69) is 23.7 Å². The number of aryl methyl sites for hydroxylation is 2. The fourth-order valence-electron chi connectivity index (χ4n) is 2.66. The summed E-state index contributed by atoms with van der Waals surface area (Å²) in [5, 5.41) is 9.51. The highest BCUT2D eigenvalue weighted by Crippen LogP contribution is 2.28. The zero-order valence-electron chi connectivity index (χ0n) is 11.0. The number of aliphatic hydroxyl groups excluding tert-OH is 1. The van der Waals surface area contributed by atoms with Crippen LogP contribution in [0.15, 0.2) is 6.07 Å². The molecule has 1 atom stereocenters. The van der Waals surface area contributed by atoms with E-state index >= 15 is 0 Å². The molecule has 17 heavy (non-hydrogen) atoms. The largest absolute Gasteiger partial charge is 0.392 e. The summed E-state index contributed by atoms with van der Waals surface area (Å²) in [6.45, 7) is 8.56. The average Bonchev–Trinajstić information content (AvgIpc) is 2.76. The van der Waals surface area contributed by atoms with Gasteiger partial charge in [-0.25, -0.2) is 4.98 Å². The number of rotatable bonds is 3. The maximum Gasteiger partial charge on any atom is 0.134 e. The highest BCUT2D eigenvalue weighted by atomic mass is 16.3. The van der Waals surface area contributed by atoms with Crippen molar-refractivity contribution in [3.63, 3.8) is 0 Å². The summed E-state index contributed by atoms with van der Waals surface area (Å²) in [6.07, 6.45) is 2.48. The number of aromatic nitrogens is 1. The average molecular weight is 234 g/mol. The number of aliphatic hydroxyl groups is 1. The lowest BCUT2D eigenvalue weighted by molar-refractivity contribution is 0.281. The van der Waals surface area contributed by atoms with E-state index < -0.39 is 0 Å². The smallest absolute Gasteiger partial charge is 0.134 e. The third-order valence-electron chi connectivity index (χ3n) is 3.77. The molecule has 0 aromatic carbocycles. The van der Waals surface area contributed by atoms with Gasteiger partial charge in [-0.1, -0.05) is 13.3 Å². The fourth-order valence-corrected chi connectivity index (χ4v) is 2.66. The molecule has 1 fully saturated rings. The van der Waals surface area contributed by atoms with Crippen LogP contribution in [0.4, 0.5) is 5.82 Å². The first-order chi connectivity index (χ1) is 8.15. The molecule has 1 N–H and O–H groups in total. The summed E-state index contributed by atoms with van der Waals surface area (Å²) >= 11 is 0. The summed E-state index contributed by atoms with van der Waals surface area (Å²) in [7, 11) is 0. The minimum absolute atomic E-state index is 0.0851. The van der Waals surface area contributed by atoms with Crippen molar-refractivity contribution in [3.8, 4) is 0 Å². The molecule has 0 spiro atoms. The number of hydrogen-bond acceptors (Lipinski definition) is 3. The summed E-state index contributed by atoms with van der Waals surface area (Å²) < 4.78 is 0. The molecular formula is C14H22N2O. The molecule has 3 nitrogen and oxygen atoms in total. The molecule has 0 bridgehead atoms. The van der Waals surface area contributed by atoms with Crippen LogP contribution in [0.5, 0.6) is 0 Å². The Morgan fingerprint density at radius 2 is 2.24 bits per heavy atom. The zero-order chi connectivity index (χ0) is 12.4. The van der Waals surface area contributed by atoms with Crippen LogP contribution >= 0.6 is 0 Å². The Bertz CT molecular complexity index is 403. The molecule has 1 saturated heterocycles. The SMILES string of the molecule is CCC1CCN(c2nc(C)cc(C)c2CO)C1. The predicted molar refractivity (Wildman–Crippen MR) is 70.2 cm³/mol. The van der Waals surface area contributed by atoms with E-state index in [4.69, 9.17) is 0 Å². The molecule has 2 heterocycles. The molecule has 2 rings (SSSR count). The van der Waals surface area contributed by atoms with Crippen molar-refractivity contribution in [2.75, 3.05) is 18.0 Å². The molecule has 1 unspecified atom stereocenters. The van der Waals surface area contributed by atoms with Gasteiger partial charge in [-0.3, -0.25) is 0 Å². The summed E-state index contributed by atoms with van der Waals surface area (Å²) in [5.41, 5.74) is 3.18. The minimum atomic E-state index is 0.0851. The third-order valence-corrected chi connectivity index (χ3v) is 3.77. The number of hydrogen-bond donors (Lipinski definition) is 1. The Kier molecular flexibility index (Phi) is 3.67. The molecule has 0 aliphatic carbocycles. The van der Waals surface area contributed by atoms with Crippen molar-refractivity contribution in [3.05, 3.63) is 22.9 Å². The Morgan fingerprint density at radius 1 is 1.47 bits per heavy atom. The first kappa shape index (κ1) is 12.4. The van der Waals surface area contributed by atoms with E-state index in [-0.39, 0.29) is 6.61 Å². The quantitative estimate of drug-likeness (QED) is 0.872. The Labute approximate surface area is 103 Å². The maximum atomic E-state index is 9.51. The zero-order valence-corrected chi connectivity index (χ0v) is 11.0. The summed E-state index contributed by atoms with van der Waals surface area (Å²) in [5.74, 6) is 1.78. The molecule has 1 aromatic heterocycles. The van der Waals surface area contributed by atoms with Crippen LogP contribution in [0.3, 0.4) is 0 Å². The van der Waals surface area contributed by atoms with Gasteiger partial charge in [0, 0.05) is 24.3 Å². The van der Waals surface area contributed by atoms with Crippen molar-refractivity contribution < 1.29 is 5.11 Å². The van der Waals surface area contributed by atoms with E-state index in [0.717, 1.165) is 41.6 Å². The van der Waals surface area contributed by atoms with Crippen molar-refractivity contribution in [2.45, 2.75) is 40.2 Å². The van der Waals surface area contributed by atoms with Crippen molar-refractivity contribution >= 4 is 5.82 Å². The van der Waals surface area contributed by atoms with E-state index in [0.29, 0.717) is 0 Å². The number of pyridine rings is 1. The van der Waals surface area contributed by atoms with Crippen LogP contribution in [-0.2, 0) is 6.61 Å². The van der Waals surface area contributed by atoms with Crippen molar-refractivity contribution in [2.24, 2.45) is 5.92 Å². The van der Waals surface area contributed by atoms with Crippen LogP contribution in [0, 0.1) is 19.8 Å². The summed E-state index contributed by atoms with van der Waals surface area (Å²) in [6, 6.07) is 2.04. The van der Waals surface area contributed by atoms with Gasteiger partial charge in [0.25, 0.3) is 0 Å². The van der Waals surface area contributed by atoms with Gasteiger partial charge in [0.1, 0.15) is 5.82 Å². The second kappa shape index (κ2) is 5.05. The van der Waals surface area contributed by atoms with Gasteiger partial charge in [0.15, 0.2) is 0 Å². The molecule has 1 aromatic rings. The molecule has 0 radical (unpaired) electrons. The molecule has 0 saturated carbocycles. The van der Waals surface area contributed by atoms with E-state index in [1.165, 1.54) is 12.8 Å². The Balaban J connectivity index is 2.31. The van der Waals surface area contributed by atoms with Gasteiger partial charge >= 0.3 is 0 Å². The molecule has 94 valence electrons. The van der Waals surface area contributed by atoms with Crippen LogP contribution < -0.4 is 4.90 Å². The predicted octanol–water partition coefficient (Wildman–Crippen LogP) is 2.43. The van der Waals surface area contributed by atoms with E-state index in [9.17, 15) is 5.11 Å². The molecular weight excluding hydrogens is 212 g/mol. The lowest BCUT2D eigenvalue weighted by Crippen LogP contribution is -2.23. The lowest BCUT2D eigenvalue weighted by atomic mass is 10.1. The van der Waals surface area contributed by atoms with Gasteiger partial charge in [0.05, 0.1) is 6.61 Å². The van der Waals surface area contributed by atoms with Crippen LogP contribution in [0.2, 0.25) is 0 Å². The standard InChI is InChI=1S/C14H22N2O/c1-4-12-5-6-16(8-12)14-13(9-17)10(2)7-11(3)15-14/h7,12,17H,4-6,8-9H2,1-3H3. The van der Waals surface area contributed by atoms with Gasteiger partial charge < -0.3 is 10.0 Å². The Hall–Kier alpha value is -1.09. The first-order valence-corrected chi connectivity index (χ1v) is 6.48. The minimum Gasteiger partial charge on any atom is -0.392 e. The fraction of sp³-hybridized carbons (Fsp3) is 0.643. The van der Waals surface area contributed by atoms with Gasteiger partial charge in [0.2, 0.25) is 0 Å². The lowest BCUT2D eigenvalue weighted by Gasteiger charge is -2.22. The van der Waals surface area contributed by atoms with E-state index in [1.807, 2.05) is 13.0 Å². The first-order valence-electron chi connectivity index (χ1n) is 6.48. The molecule has 1 aliphatic heterocycles. The molecule has 1 aliphatic rings. The third kappa shape index (κ3) is 2.44. The highest BCUT2D eigenvalue weighted by molar-refractivity contribution is 5.52. The van der Waals surface area contributed by atoms with Crippen molar-refractivity contribution in [1.82, 2.24) is 4.98 Å². The van der Waals surface area contributed by atoms with Crippen LogP contribution in [0.25, 0.3) is 0 Å². The van der Waals surface area contributed by atoms with Crippen molar-refractivity contribution in [1.29, 1.82) is 0 Å². The van der Waals surface area contributed by atoms with Crippen LogP contribution in [0.1, 0.15) is 36.6 Å². The van der Waals surface area contributed by atoms with Gasteiger partial charge in [-0.15, -0.1) is 0 Å². The molecule has 0 amide bonds. The monoisotopic (exact) mass is 234 g/mol. The van der Waals surface area contributed by atoms with Gasteiger partial charge in [-0.2, -0.15) is 0 Å². The second-order valence-electron chi connectivity index (χ2n) is 5.05. The number of nitrogens with zero attached hydrogens (tertiary/aromatic N) is 2.